The molecule has 2 aromatic rings. The fraction of sp³-hybridized carbons (Fsp3) is 0.190. The van der Waals surface area contributed by atoms with Crippen LogP contribution in [0.15, 0.2) is 64.8 Å². The number of aliphatic hydroxyl groups is 1. The van der Waals surface area contributed by atoms with E-state index in [4.69, 9.17) is 10.2 Å². The van der Waals surface area contributed by atoms with Crippen LogP contribution in [-0.4, -0.2) is 54.4 Å². The second kappa shape index (κ2) is 9.20. The number of carboxylic acid groups (broad SMARTS) is 1. The molecule has 1 aliphatic heterocycles. The number of benzene rings is 2. The number of sulfonamides is 1. The fourth-order valence-corrected chi connectivity index (χ4v) is 3.75. The van der Waals surface area contributed by atoms with Crippen molar-refractivity contribution in [2.75, 3.05) is 13.1 Å². The summed E-state index contributed by atoms with van der Waals surface area (Å²) >= 11 is 0. The van der Waals surface area contributed by atoms with Gasteiger partial charge in [-0.15, -0.1) is 0 Å². The normalized spacial score (nSPS) is 14.4. The number of carboxylic acids is 1. The van der Waals surface area contributed by atoms with Crippen LogP contribution in [0.5, 0.6) is 0 Å². The van der Waals surface area contributed by atoms with Crippen molar-refractivity contribution in [2.24, 2.45) is 5.14 Å². The molecule has 0 radical (unpaired) electrons. The van der Waals surface area contributed by atoms with Crippen molar-refractivity contribution in [3.05, 3.63) is 65.4 Å². The standard InChI is InChI=1S/C21H21N3O7S/c22-32(30,31)16-7-5-15(6-8-16)14-3-1-13(2-4-14)12-24-10-9-17(25)19(21(24)29)20(28)23-11-18(26)27/h1-8,25H,9-12H2,(H,23,28)(H,26,27)(H2,22,30,31). The van der Waals surface area contributed by atoms with Crippen molar-refractivity contribution in [1.82, 2.24) is 10.2 Å². The number of carbonyl (C=O) groups is 3. The lowest BCUT2D eigenvalue weighted by Gasteiger charge is -2.28. The number of rotatable bonds is 7. The van der Waals surface area contributed by atoms with Crippen LogP contribution in [0.3, 0.4) is 0 Å². The maximum Gasteiger partial charge on any atom is 0.322 e. The SMILES string of the molecule is NS(=O)(=O)c1ccc(-c2ccc(CN3CCC(O)=C(C(=O)NCC(=O)O)C3=O)cc2)cc1. The summed E-state index contributed by atoms with van der Waals surface area (Å²) in [5.74, 6) is -3.25. The Morgan fingerprint density at radius 3 is 2.12 bits per heavy atom. The molecule has 10 nitrogen and oxygen atoms in total. The van der Waals surface area contributed by atoms with E-state index in [1.54, 1.807) is 24.3 Å². The maximum absolute atomic E-state index is 12.7. The van der Waals surface area contributed by atoms with E-state index in [1.807, 2.05) is 12.1 Å². The predicted octanol–water partition coefficient (Wildman–Crippen LogP) is 0.746. The van der Waals surface area contributed by atoms with E-state index in [0.717, 1.165) is 16.7 Å². The predicted molar refractivity (Wildman–Crippen MR) is 114 cm³/mol. The summed E-state index contributed by atoms with van der Waals surface area (Å²) < 4.78 is 22.7. The molecule has 0 saturated heterocycles. The number of amides is 2. The third-order valence-corrected chi connectivity index (χ3v) is 5.81. The zero-order valence-electron chi connectivity index (χ0n) is 16.8. The first-order chi connectivity index (χ1) is 15.1. The van der Waals surface area contributed by atoms with Crippen molar-refractivity contribution in [3.8, 4) is 11.1 Å². The Morgan fingerprint density at radius 2 is 1.59 bits per heavy atom. The quantitative estimate of drug-likeness (QED) is 0.443. The van der Waals surface area contributed by atoms with Crippen LogP contribution in [0.4, 0.5) is 0 Å². The highest BCUT2D eigenvalue weighted by Crippen LogP contribution is 2.24. The molecule has 5 N–H and O–H groups in total. The van der Waals surface area contributed by atoms with Crippen LogP contribution in [0.2, 0.25) is 0 Å². The molecule has 0 spiro atoms. The lowest BCUT2D eigenvalue weighted by Crippen LogP contribution is -2.43. The van der Waals surface area contributed by atoms with Crippen molar-refractivity contribution in [1.29, 1.82) is 0 Å². The highest BCUT2D eigenvalue weighted by Gasteiger charge is 2.32. The highest BCUT2D eigenvalue weighted by molar-refractivity contribution is 7.89. The molecule has 0 bridgehead atoms. The molecule has 0 unspecified atom stereocenters. The largest absolute Gasteiger partial charge is 0.511 e. The molecule has 2 amide bonds. The van der Waals surface area contributed by atoms with Crippen LogP contribution in [-0.2, 0) is 31.0 Å². The van der Waals surface area contributed by atoms with Crippen LogP contribution in [0.1, 0.15) is 12.0 Å². The Labute approximate surface area is 184 Å². The number of nitrogens with one attached hydrogen (secondary N) is 1. The second-order valence-corrected chi connectivity index (χ2v) is 8.70. The van der Waals surface area contributed by atoms with Gasteiger partial charge in [-0.05, 0) is 28.8 Å². The summed E-state index contributed by atoms with van der Waals surface area (Å²) in [5.41, 5.74) is 1.92. The summed E-state index contributed by atoms with van der Waals surface area (Å²) in [5, 5.41) is 25.8. The zero-order chi connectivity index (χ0) is 23.5. The Bertz CT molecular complexity index is 1190. The van der Waals surface area contributed by atoms with E-state index < -0.39 is 39.9 Å². The first-order valence-corrected chi connectivity index (χ1v) is 11.0. The van der Waals surface area contributed by atoms with E-state index in [9.17, 15) is 27.9 Å². The lowest BCUT2D eigenvalue weighted by molar-refractivity contribution is -0.138. The first kappa shape index (κ1) is 23.0. The Kier molecular flexibility index (Phi) is 6.61. The third-order valence-electron chi connectivity index (χ3n) is 4.88. The molecule has 32 heavy (non-hydrogen) atoms. The number of carbonyl (C=O) groups excluding carboxylic acids is 2. The number of primary sulfonamides is 1. The number of nitrogens with two attached hydrogens (primary N) is 1. The molecular formula is C21H21N3O7S. The van der Waals surface area contributed by atoms with E-state index in [1.165, 1.54) is 17.0 Å². The van der Waals surface area contributed by atoms with Gasteiger partial charge in [0.2, 0.25) is 10.0 Å². The molecule has 0 aliphatic carbocycles. The summed E-state index contributed by atoms with van der Waals surface area (Å²) in [6.07, 6.45) is 0.0794. The Hall–Kier alpha value is -3.70. The molecule has 0 saturated carbocycles. The van der Waals surface area contributed by atoms with E-state index in [-0.39, 0.29) is 30.2 Å². The average molecular weight is 459 g/mol. The van der Waals surface area contributed by atoms with Crippen LogP contribution in [0.25, 0.3) is 11.1 Å². The van der Waals surface area contributed by atoms with Crippen molar-refractivity contribution in [3.63, 3.8) is 0 Å². The lowest BCUT2D eigenvalue weighted by atomic mass is 10.0. The minimum atomic E-state index is -3.77. The van der Waals surface area contributed by atoms with Gasteiger partial charge in [-0.1, -0.05) is 36.4 Å². The molecule has 0 atom stereocenters. The number of aliphatic hydroxyl groups excluding tert-OH is 1. The van der Waals surface area contributed by atoms with Crippen molar-refractivity contribution in [2.45, 2.75) is 17.9 Å². The zero-order valence-corrected chi connectivity index (χ0v) is 17.6. The molecule has 0 aromatic heterocycles. The monoisotopic (exact) mass is 459 g/mol. The van der Waals surface area contributed by atoms with Crippen molar-refractivity contribution < 1.29 is 33.0 Å². The van der Waals surface area contributed by atoms with Crippen LogP contribution >= 0.6 is 0 Å². The van der Waals surface area contributed by atoms with Gasteiger partial charge in [0.25, 0.3) is 11.8 Å². The highest BCUT2D eigenvalue weighted by atomic mass is 32.2. The smallest absolute Gasteiger partial charge is 0.322 e. The summed E-state index contributed by atoms with van der Waals surface area (Å²) in [6, 6.07) is 13.3. The number of nitrogens with zero attached hydrogens (tertiary/aromatic N) is 1. The maximum atomic E-state index is 12.7. The van der Waals surface area contributed by atoms with E-state index in [2.05, 4.69) is 5.32 Å². The summed E-state index contributed by atoms with van der Waals surface area (Å²) in [7, 11) is -3.77. The number of aliphatic carboxylic acids is 1. The second-order valence-electron chi connectivity index (χ2n) is 7.14. The van der Waals surface area contributed by atoms with Gasteiger partial charge >= 0.3 is 5.97 Å². The molecule has 2 aromatic carbocycles. The molecular weight excluding hydrogens is 438 g/mol. The van der Waals surface area contributed by atoms with Gasteiger partial charge < -0.3 is 20.4 Å². The summed E-state index contributed by atoms with van der Waals surface area (Å²) in [6.45, 7) is -0.272. The van der Waals surface area contributed by atoms with Gasteiger partial charge in [0.05, 0.1) is 4.90 Å². The van der Waals surface area contributed by atoms with Gasteiger partial charge in [-0.2, -0.15) is 0 Å². The Balaban J connectivity index is 1.71. The number of hydrogen-bond acceptors (Lipinski definition) is 6. The first-order valence-electron chi connectivity index (χ1n) is 9.50. The fourth-order valence-electron chi connectivity index (χ4n) is 3.23. The van der Waals surface area contributed by atoms with Gasteiger partial charge in [-0.3, -0.25) is 14.4 Å². The molecule has 0 fully saturated rings. The minimum Gasteiger partial charge on any atom is -0.511 e. The van der Waals surface area contributed by atoms with Gasteiger partial charge in [0.1, 0.15) is 17.9 Å². The molecule has 168 valence electrons. The minimum absolute atomic E-state index is 0.0148. The molecule has 11 heteroatoms. The Morgan fingerprint density at radius 1 is 1.03 bits per heavy atom. The van der Waals surface area contributed by atoms with Crippen LogP contribution < -0.4 is 10.5 Å². The average Bonchev–Trinajstić information content (AvgIpc) is 2.74. The number of hydrogen-bond donors (Lipinski definition) is 4. The summed E-state index contributed by atoms with van der Waals surface area (Å²) in [4.78, 5) is 36.8. The van der Waals surface area contributed by atoms with Gasteiger partial charge in [-0.25, -0.2) is 13.6 Å². The van der Waals surface area contributed by atoms with E-state index >= 15 is 0 Å². The van der Waals surface area contributed by atoms with Crippen molar-refractivity contribution >= 4 is 27.8 Å². The van der Waals surface area contributed by atoms with Crippen LogP contribution in [0, 0.1) is 0 Å². The molecule has 1 aliphatic rings. The molecule has 1 heterocycles. The molecule has 3 rings (SSSR count). The van der Waals surface area contributed by atoms with E-state index in [0.29, 0.717) is 0 Å². The third kappa shape index (κ3) is 5.31. The van der Waals surface area contributed by atoms with Gasteiger partial charge in [0, 0.05) is 19.5 Å². The topological polar surface area (TPSA) is 167 Å². The van der Waals surface area contributed by atoms with Gasteiger partial charge in [0.15, 0.2) is 0 Å².